The maximum absolute atomic E-state index is 13.1. The van der Waals surface area contributed by atoms with Gasteiger partial charge in [-0.25, -0.2) is 0 Å². The molecule has 0 spiro atoms. The summed E-state index contributed by atoms with van der Waals surface area (Å²) < 4.78 is 0. The Morgan fingerprint density at radius 1 is 1.12 bits per heavy atom. The summed E-state index contributed by atoms with van der Waals surface area (Å²) in [4.78, 5) is 27.2. The highest BCUT2D eigenvalue weighted by Gasteiger charge is 2.30. The molecule has 4 N–H and O–H groups in total. The summed E-state index contributed by atoms with van der Waals surface area (Å²) in [5, 5.41) is 7.98. The smallest absolute Gasteiger partial charge is 0.244 e. The first kappa shape index (κ1) is 25.5. The summed E-state index contributed by atoms with van der Waals surface area (Å²) in [6.07, 6.45) is 4.40. The van der Waals surface area contributed by atoms with Crippen molar-refractivity contribution in [2.45, 2.75) is 31.5 Å². The lowest BCUT2D eigenvalue weighted by atomic mass is 10.1. The van der Waals surface area contributed by atoms with Crippen molar-refractivity contribution in [3.05, 3.63) is 74.7 Å². The minimum absolute atomic E-state index is 0.0204. The minimum atomic E-state index is -0.418. The Kier molecular flexibility index (Phi) is 9.59. The van der Waals surface area contributed by atoms with Gasteiger partial charge in [0.15, 0.2) is 0 Å². The number of halogens is 3. The van der Waals surface area contributed by atoms with Gasteiger partial charge in [0.05, 0.1) is 6.04 Å². The van der Waals surface area contributed by atoms with Gasteiger partial charge in [0.1, 0.15) is 0 Å². The third kappa shape index (κ3) is 8.02. The molecular formula is C24H27Cl3N4O2. The SMILES string of the molecule is NCC[C@@H]1N[C@H](CNC(=O)/C=C/c2ccc(Cl)cc2)CCN(Cc2cc(Cl)cc(Cl)c2)C1=O. The fourth-order valence-electron chi connectivity index (χ4n) is 3.72. The number of hydrogen-bond donors (Lipinski definition) is 3. The molecule has 33 heavy (non-hydrogen) atoms. The minimum Gasteiger partial charge on any atom is -0.351 e. The van der Waals surface area contributed by atoms with Gasteiger partial charge in [-0.3, -0.25) is 9.59 Å². The van der Waals surface area contributed by atoms with E-state index in [9.17, 15) is 9.59 Å². The van der Waals surface area contributed by atoms with Crippen molar-refractivity contribution in [1.82, 2.24) is 15.5 Å². The molecule has 2 atom stereocenters. The number of nitrogens with two attached hydrogens (primary N) is 1. The van der Waals surface area contributed by atoms with E-state index in [0.717, 1.165) is 11.1 Å². The van der Waals surface area contributed by atoms with Crippen molar-refractivity contribution in [2.24, 2.45) is 5.73 Å². The molecule has 1 heterocycles. The first-order chi connectivity index (χ1) is 15.8. The quantitative estimate of drug-likeness (QED) is 0.471. The van der Waals surface area contributed by atoms with Crippen LogP contribution in [0.25, 0.3) is 6.08 Å². The van der Waals surface area contributed by atoms with E-state index in [-0.39, 0.29) is 17.9 Å². The molecule has 9 heteroatoms. The van der Waals surface area contributed by atoms with Crippen molar-refractivity contribution in [3.63, 3.8) is 0 Å². The summed E-state index contributed by atoms with van der Waals surface area (Å²) in [6, 6.07) is 12.0. The fourth-order valence-corrected chi connectivity index (χ4v) is 4.42. The second-order valence-electron chi connectivity index (χ2n) is 7.95. The monoisotopic (exact) mass is 508 g/mol. The summed E-state index contributed by atoms with van der Waals surface area (Å²) >= 11 is 18.1. The van der Waals surface area contributed by atoms with Crippen molar-refractivity contribution >= 4 is 52.7 Å². The predicted molar refractivity (Wildman–Crippen MR) is 134 cm³/mol. The summed E-state index contributed by atoms with van der Waals surface area (Å²) in [5.74, 6) is -0.226. The number of amides is 2. The molecule has 0 radical (unpaired) electrons. The van der Waals surface area contributed by atoms with Crippen LogP contribution in [0.15, 0.2) is 48.5 Å². The Balaban J connectivity index is 1.60. The molecule has 1 aliphatic rings. The molecule has 6 nitrogen and oxygen atoms in total. The van der Waals surface area contributed by atoms with Crippen molar-refractivity contribution < 1.29 is 9.59 Å². The number of rotatable bonds is 8. The predicted octanol–water partition coefficient (Wildman–Crippen LogP) is 3.88. The second-order valence-corrected chi connectivity index (χ2v) is 9.26. The van der Waals surface area contributed by atoms with Crippen LogP contribution in [0.4, 0.5) is 0 Å². The topological polar surface area (TPSA) is 87.5 Å². The van der Waals surface area contributed by atoms with Crippen LogP contribution < -0.4 is 16.4 Å². The summed E-state index contributed by atoms with van der Waals surface area (Å²) in [6.45, 7) is 1.72. The van der Waals surface area contributed by atoms with Gasteiger partial charge in [0, 0.05) is 46.8 Å². The Bertz CT molecular complexity index is 977. The van der Waals surface area contributed by atoms with Crippen LogP contribution in [0.2, 0.25) is 15.1 Å². The zero-order valence-corrected chi connectivity index (χ0v) is 20.3. The van der Waals surface area contributed by atoms with E-state index in [1.807, 2.05) is 24.3 Å². The Morgan fingerprint density at radius 2 is 1.82 bits per heavy atom. The maximum Gasteiger partial charge on any atom is 0.244 e. The zero-order valence-electron chi connectivity index (χ0n) is 18.1. The number of carbonyl (C=O) groups is 2. The fraction of sp³-hybridized carbons (Fsp3) is 0.333. The molecule has 1 saturated heterocycles. The number of carbonyl (C=O) groups excluding carboxylic acids is 2. The number of hydrogen-bond acceptors (Lipinski definition) is 4. The van der Waals surface area contributed by atoms with E-state index < -0.39 is 6.04 Å². The van der Waals surface area contributed by atoms with E-state index in [1.54, 1.807) is 29.2 Å². The molecule has 176 valence electrons. The Hall–Kier alpha value is -2.09. The lowest BCUT2D eigenvalue weighted by Crippen LogP contribution is -2.49. The van der Waals surface area contributed by atoms with Crippen molar-refractivity contribution in [1.29, 1.82) is 0 Å². The van der Waals surface area contributed by atoms with Gasteiger partial charge in [-0.2, -0.15) is 0 Å². The second kappa shape index (κ2) is 12.4. The van der Waals surface area contributed by atoms with E-state index in [2.05, 4.69) is 10.6 Å². The largest absolute Gasteiger partial charge is 0.351 e. The van der Waals surface area contributed by atoms with Crippen LogP contribution in [0.1, 0.15) is 24.0 Å². The maximum atomic E-state index is 13.1. The molecule has 2 aromatic rings. The normalized spacial score (nSPS) is 19.0. The van der Waals surface area contributed by atoms with Crippen LogP contribution in [0, 0.1) is 0 Å². The van der Waals surface area contributed by atoms with E-state index in [0.29, 0.717) is 54.1 Å². The van der Waals surface area contributed by atoms with Crippen LogP contribution in [0.5, 0.6) is 0 Å². The van der Waals surface area contributed by atoms with Gasteiger partial charge in [0.25, 0.3) is 0 Å². The third-order valence-electron chi connectivity index (χ3n) is 5.37. The molecule has 3 rings (SSSR count). The average Bonchev–Trinajstić information content (AvgIpc) is 2.91. The molecule has 2 aromatic carbocycles. The van der Waals surface area contributed by atoms with E-state index in [4.69, 9.17) is 40.5 Å². The van der Waals surface area contributed by atoms with Gasteiger partial charge in [0.2, 0.25) is 11.8 Å². The van der Waals surface area contributed by atoms with Crippen LogP contribution in [0.3, 0.4) is 0 Å². The van der Waals surface area contributed by atoms with Gasteiger partial charge < -0.3 is 21.3 Å². The standard InChI is InChI=1S/C24H27Cl3N4O2/c25-18-4-1-16(2-5-18)3-6-23(32)29-14-21-8-10-31(24(33)22(30-21)7-9-28)15-17-11-19(26)13-20(27)12-17/h1-6,11-13,21-22,30H,7-10,14-15,28H2,(H,29,32)/b6-3+/t21-,22-/m0/s1. The molecule has 1 fully saturated rings. The number of nitrogens with zero attached hydrogens (tertiary/aromatic N) is 1. The highest BCUT2D eigenvalue weighted by atomic mass is 35.5. The molecule has 0 saturated carbocycles. The first-order valence-electron chi connectivity index (χ1n) is 10.8. The third-order valence-corrected chi connectivity index (χ3v) is 6.05. The molecular weight excluding hydrogens is 483 g/mol. The van der Waals surface area contributed by atoms with Gasteiger partial charge in [-0.15, -0.1) is 0 Å². The van der Waals surface area contributed by atoms with Gasteiger partial charge >= 0.3 is 0 Å². The van der Waals surface area contributed by atoms with E-state index >= 15 is 0 Å². The Labute approximate surface area is 209 Å². The lowest BCUT2D eigenvalue weighted by Gasteiger charge is -2.24. The van der Waals surface area contributed by atoms with Crippen LogP contribution in [-0.4, -0.2) is 48.4 Å². The Morgan fingerprint density at radius 3 is 2.48 bits per heavy atom. The van der Waals surface area contributed by atoms with Crippen molar-refractivity contribution in [3.8, 4) is 0 Å². The highest BCUT2D eigenvalue weighted by molar-refractivity contribution is 6.34. The van der Waals surface area contributed by atoms with E-state index in [1.165, 1.54) is 6.08 Å². The molecule has 0 aromatic heterocycles. The highest BCUT2D eigenvalue weighted by Crippen LogP contribution is 2.21. The number of benzene rings is 2. The average molecular weight is 510 g/mol. The summed E-state index contributed by atoms with van der Waals surface area (Å²) in [5.41, 5.74) is 7.50. The number of nitrogens with one attached hydrogen (secondary N) is 2. The molecule has 0 bridgehead atoms. The molecule has 1 aliphatic heterocycles. The lowest BCUT2D eigenvalue weighted by molar-refractivity contribution is -0.133. The molecule has 0 aliphatic carbocycles. The van der Waals surface area contributed by atoms with Crippen LogP contribution >= 0.6 is 34.8 Å². The zero-order chi connectivity index (χ0) is 23.8. The van der Waals surface area contributed by atoms with Gasteiger partial charge in [-0.1, -0.05) is 46.9 Å². The molecule has 2 amide bonds. The molecule has 0 unspecified atom stereocenters. The van der Waals surface area contributed by atoms with Crippen molar-refractivity contribution in [2.75, 3.05) is 19.6 Å². The van der Waals surface area contributed by atoms with Crippen LogP contribution in [-0.2, 0) is 16.1 Å². The summed E-state index contributed by atoms with van der Waals surface area (Å²) in [7, 11) is 0. The van der Waals surface area contributed by atoms with Gasteiger partial charge in [-0.05, 0) is 66.9 Å². The first-order valence-corrected chi connectivity index (χ1v) is 11.9.